The van der Waals surface area contributed by atoms with Crippen molar-refractivity contribution in [2.24, 2.45) is 0 Å². The lowest BCUT2D eigenvalue weighted by atomic mass is 9.99. The van der Waals surface area contributed by atoms with E-state index in [1.54, 1.807) is 4.90 Å². The summed E-state index contributed by atoms with van der Waals surface area (Å²) in [5, 5.41) is 6.32. The zero-order valence-electron chi connectivity index (χ0n) is 19.8. The van der Waals surface area contributed by atoms with Crippen LogP contribution in [0.5, 0.6) is 11.5 Å². The Hall–Kier alpha value is -3.49. The van der Waals surface area contributed by atoms with Crippen LogP contribution in [0.1, 0.15) is 50.9 Å². The van der Waals surface area contributed by atoms with Gasteiger partial charge in [-0.2, -0.15) is 4.98 Å². The summed E-state index contributed by atoms with van der Waals surface area (Å²) in [6.07, 6.45) is 5.31. The number of anilines is 3. The Kier molecular flexibility index (Phi) is 6.31. The number of carbonyl (C=O) groups excluding carboxylic acids is 1. The molecule has 176 valence electrons. The molecule has 1 unspecified atom stereocenters. The summed E-state index contributed by atoms with van der Waals surface area (Å²) in [5.74, 6) is 2.47. The van der Waals surface area contributed by atoms with Crippen LogP contribution in [-0.2, 0) is 4.74 Å². The van der Waals surface area contributed by atoms with Crippen molar-refractivity contribution in [1.29, 1.82) is 0 Å². The van der Waals surface area contributed by atoms with Gasteiger partial charge in [-0.25, -0.2) is 9.78 Å². The van der Waals surface area contributed by atoms with Crippen molar-refractivity contribution in [3.8, 4) is 11.5 Å². The number of rotatable bonds is 4. The number of allylic oxidation sites excluding steroid dienone is 1. The highest BCUT2D eigenvalue weighted by Gasteiger charge is 2.33. The average molecular weight is 454 g/mol. The summed E-state index contributed by atoms with van der Waals surface area (Å²) >= 11 is 0. The number of fused-ring (bicyclic) bond motifs is 1. The minimum atomic E-state index is -0.587. The van der Waals surface area contributed by atoms with Gasteiger partial charge in [0.05, 0.1) is 6.04 Å². The predicted molar refractivity (Wildman–Crippen MR) is 126 cm³/mol. The lowest BCUT2D eigenvalue weighted by Gasteiger charge is -2.33. The van der Waals surface area contributed by atoms with Crippen LogP contribution in [-0.4, -0.2) is 46.9 Å². The second-order valence-corrected chi connectivity index (χ2v) is 9.09. The first kappa shape index (κ1) is 22.7. The molecule has 0 saturated carbocycles. The summed E-state index contributed by atoms with van der Waals surface area (Å²) < 4.78 is 17.2. The molecule has 9 heteroatoms. The normalized spacial score (nSPS) is 17.5. The molecule has 0 aliphatic carbocycles. The molecule has 0 bridgehead atoms. The zero-order valence-corrected chi connectivity index (χ0v) is 19.8. The van der Waals surface area contributed by atoms with Crippen molar-refractivity contribution in [1.82, 2.24) is 14.9 Å². The molecule has 1 atom stereocenters. The summed E-state index contributed by atoms with van der Waals surface area (Å²) in [6.45, 7) is 8.11. The van der Waals surface area contributed by atoms with Gasteiger partial charge in [0.1, 0.15) is 11.4 Å². The topological polar surface area (TPSA) is 97.8 Å². The first-order chi connectivity index (χ1) is 15.7. The van der Waals surface area contributed by atoms with Gasteiger partial charge >= 0.3 is 6.09 Å². The summed E-state index contributed by atoms with van der Waals surface area (Å²) in [5.41, 5.74) is 1.87. The van der Waals surface area contributed by atoms with Crippen molar-refractivity contribution in [3.05, 3.63) is 41.6 Å². The maximum Gasteiger partial charge on any atom is 0.411 e. The maximum atomic E-state index is 13.1. The third-order valence-electron chi connectivity index (χ3n) is 5.31. The van der Waals surface area contributed by atoms with E-state index < -0.39 is 5.60 Å². The lowest BCUT2D eigenvalue weighted by molar-refractivity contribution is 0.0180. The minimum absolute atomic E-state index is 0.133. The third-order valence-corrected chi connectivity index (χ3v) is 5.31. The molecule has 2 aliphatic rings. The molecular weight excluding hydrogens is 422 g/mol. The number of ether oxygens (including phenoxy) is 3. The van der Waals surface area contributed by atoms with Crippen molar-refractivity contribution in [3.63, 3.8) is 0 Å². The van der Waals surface area contributed by atoms with Crippen molar-refractivity contribution < 1.29 is 19.0 Å². The molecule has 0 spiro atoms. The van der Waals surface area contributed by atoms with Crippen LogP contribution >= 0.6 is 0 Å². The molecule has 1 aromatic heterocycles. The zero-order chi connectivity index (χ0) is 23.6. The fourth-order valence-corrected chi connectivity index (χ4v) is 3.93. The molecule has 1 amide bonds. The number of amides is 1. The fraction of sp³-hybridized carbons (Fsp3) is 0.458. The van der Waals surface area contributed by atoms with E-state index >= 15 is 0 Å². The molecule has 2 aliphatic heterocycles. The number of nitrogens with zero attached hydrogens (tertiary/aromatic N) is 3. The smallest absolute Gasteiger partial charge is 0.411 e. The Balaban J connectivity index is 1.71. The largest absolute Gasteiger partial charge is 0.454 e. The molecule has 0 radical (unpaired) electrons. The van der Waals surface area contributed by atoms with E-state index in [1.165, 1.54) is 0 Å². The highest BCUT2D eigenvalue weighted by molar-refractivity contribution is 5.71. The van der Waals surface area contributed by atoms with Gasteiger partial charge in [-0.3, -0.25) is 4.90 Å². The van der Waals surface area contributed by atoms with E-state index in [0.29, 0.717) is 24.0 Å². The molecule has 2 aromatic rings. The van der Waals surface area contributed by atoms with Crippen molar-refractivity contribution >= 4 is 23.5 Å². The predicted octanol–water partition coefficient (Wildman–Crippen LogP) is 4.93. The monoisotopic (exact) mass is 453 g/mol. The highest BCUT2D eigenvalue weighted by atomic mass is 16.7. The van der Waals surface area contributed by atoms with Gasteiger partial charge in [-0.05, 0) is 46.6 Å². The summed E-state index contributed by atoms with van der Waals surface area (Å²) in [6, 6.07) is 5.47. The van der Waals surface area contributed by atoms with Gasteiger partial charge in [0, 0.05) is 42.7 Å². The van der Waals surface area contributed by atoms with Gasteiger partial charge in [0.2, 0.25) is 12.7 Å². The molecule has 2 N–H and O–H groups in total. The molecule has 9 nitrogen and oxygen atoms in total. The van der Waals surface area contributed by atoms with Crippen LogP contribution in [0, 0.1) is 6.92 Å². The number of aromatic nitrogens is 2. The quantitative estimate of drug-likeness (QED) is 0.629. The van der Waals surface area contributed by atoms with Gasteiger partial charge < -0.3 is 24.8 Å². The van der Waals surface area contributed by atoms with Crippen LogP contribution in [0.25, 0.3) is 0 Å². The molecular formula is C24H31N5O4. The number of hydrogen-bond acceptors (Lipinski definition) is 8. The third kappa shape index (κ3) is 5.30. The first-order valence-corrected chi connectivity index (χ1v) is 11.1. The highest BCUT2D eigenvalue weighted by Crippen LogP contribution is 2.45. The van der Waals surface area contributed by atoms with E-state index in [4.69, 9.17) is 14.2 Å². The Morgan fingerprint density at radius 3 is 2.76 bits per heavy atom. The van der Waals surface area contributed by atoms with E-state index in [0.717, 1.165) is 35.6 Å². The number of carbonyl (C=O) groups is 1. The standard InChI is InChI=1S/C24H31N5O4/c1-15-11-20(25-5)28-22(26-15)27-16-12-17(21-19(13-16)31-14-32-21)18-9-7-6-8-10-29(18)23(30)33-24(2,3)4/h6,8,11-13,18H,7,9-10,14H2,1-5H3,(H2,25,26,27,28). The van der Waals surface area contributed by atoms with Crippen molar-refractivity contribution in [2.45, 2.75) is 52.2 Å². The van der Waals surface area contributed by atoms with Crippen LogP contribution in [0.15, 0.2) is 30.4 Å². The first-order valence-electron chi connectivity index (χ1n) is 11.1. The second-order valence-electron chi connectivity index (χ2n) is 9.09. The fourth-order valence-electron chi connectivity index (χ4n) is 3.93. The molecule has 0 fully saturated rings. The van der Waals surface area contributed by atoms with E-state index in [-0.39, 0.29) is 18.9 Å². The number of benzene rings is 1. The van der Waals surface area contributed by atoms with Crippen molar-refractivity contribution in [2.75, 3.05) is 31.0 Å². The summed E-state index contributed by atoms with van der Waals surface area (Å²) in [7, 11) is 1.82. The summed E-state index contributed by atoms with van der Waals surface area (Å²) in [4.78, 5) is 23.8. The Morgan fingerprint density at radius 2 is 2.00 bits per heavy atom. The van der Waals surface area contributed by atoms with E-state index in [9.17, 15) is 4.79 Å². The van der Waals surface area contributed by atoms with Gasteiger partial charge in [0.25, 0.3) is 0 Å². The van der Waals surface area contributed by atoms with Crippen LogP contribution in [0.3, 0.4) is 0 Å². The van der Waals surface area contributed by atoms with Crippen LogP contribution < -0.4 is 20.1 Å². The van der Waals surface area contributed by atoms with E-state index in [1.807, 2.05) is 59.0 Å². The van der Waals surface area contributed by atoms with Crippen LogP contribution in [0.4, 0.5) is 22.2 Å². The number of aryl methyl sites for hydroxylation is 1. The maximum absolute atomic E-state index is 13.1. The Labute approximate surface area is 194 Å². The molecule has 0 saturated heterocycles. The van der Waals surface area contributed by atoms with Gasteiger partial charge in [-0.1, -0.05) is 12.2 Å². The Bertz CT molecular complexity index is 1060. The molecule has 3 heterocycles. The minimum Gasteiger partial charge on any atom is -0.454 e. The molecule has 1 aromatic carbocycles. The second kappa shape index (κ2) is 9.17. The SMILES string of the molecule is CNc1cc(C)nc(Nc2cc3c(c(C4CCC=CCN4C(=O)OC(C)(C)C)c2)OCO3)n1. The number of hydrogen-bond donors (Lipinski definition) is 2. The van der Waals surface area contributed by atoms with Gasteiger partial charge in [-0.15, -0.1) is 0 Å². The van der Waals surface area contributed by atoms with E-state index in [2.05, 4.69) is 26.7 Å². The van der Waals surface area contributed by atoms with Gasteiger partial charge in [0.15, 0.2) is 11.5 Å². The molecule has 4 rings (SSSR count). The Morgan fingerprint density at radius 1 is 1.18 bits per heavy atom. The van der Waals surface area contributed by atoms with Crippen LogP contribution in [0.2, 0.25) is 0 Å². The average Bonchev–Trinajstić information content (AvgIpc) is 3.07. The lowest BCUT2D eigenvalue weighted by Crippen LogP contribution is -2.39. The number of nitrogens with one attached hydrogen (secondary N) is 2. The molecule has 33 heavy (non-hydrogen) atoms.